The number of carbonyl (C=O) groups is 1. The average molecular weight is 204 g/mol. The third kappa shape index (κ3) is 1.91. The quantitative estimate of drug-likeness (QED) is 0.743. The zero-order chi connectivity index (χ0) is 10.8. The van der Waals surface area contributed by atoms with Crippen molar-refractivity contribution in [2.45, 2.75) is 45.4 Å². The molecule has 0 aromatic carbocycles. The molecule has 0 radical (unpaired) electrons. The Morgan fingerprint density at radius 2 is 2.27 bits per heavy atom. The summed E-state index contributed by atoms with van der Waals surface area (Å²) in [6.07, 6.45) is 5.26. The number of fused-ring (bicyclic) bond motifs is 1. The van der Waals surface area contributed by atoms with Gasteiger partial charge < -0.3 is 0 Å². The Morgan fingerprint density at radius 3 is 3.00 bits per heavy atom. The van der Waals surface area contributed by atoms with Crippen LogP contribution in [0, 0.1) is 0 Å². The summed E-state index contributed by atoms with van der Waals surface area (Å²) in [5.74, 6) is 1.46. The molecule has 1 aliphatic rings. The minimum Gasteiger partial charge on any atom is -0.294 e. The molecule has 1 aromatic rings. The van der Waals surface area contributed by atoms with E-state index in [0.29, 0.717) is 12.3 Å². The normalized spacial score (nSPS) is 17.3. The molecular weight excluding hydrogens is 188 g/mol. The fourth-order valence-electron chi connectivity index (χ4n) is 1.83. The Hall–Kier alpha value is -1.25. The highest BCUT2D eigenvalue weighted by atomic mass is 16.1. The van der Waals surface area contributed by atoms with E-state index in [-0.39, 0.29) is 5.78 Å². The van der Waals surface area contributed by atoms with Crippen molar-refractivity contribution in [1.29, 1.82) is 0 Å². The van der Waals surface area contributed by atoms with Gasteiger partial charge >= 0.3 is 0 Å². The predicted molar refractivity (Wildman–Crippen MR) is 58.0 cm³/mol. The molecule has 0 bridgehead atoms. The second-order valence-corrected chi connectivity index (χ2v) is 4.17. The molecule has 0 saturated carbocycles. The monoisotopic (exact) mass is 204 g/mol. The molecule has 1 atom stereocenters. The van der Waals surface area contributed by atoms with Crippen molar-refractivity contribution in [3.05, 3.63) is 23.3 Å². The van der Waals surface area contributed by atoms with Crippen molar-refractivity contribution < 1.29 is 4.79 Å². The van der Waals surface area contributed by atoms with E-state index in [1.165, 1.54) is 0 Å². The standard InChI is InChI=1S/C12H16N2O/c1-3-8(2)12-13-7-9-10(14-12)5-4-6-11(9)15/h7-8H,3-6H2,1-2H3. The average Bonchev–Trinajstić information content (AvgIpc) is 2.28. The lowest BCUT2D eigenvalue weighted by Crippen LogP contribution is -2.15. The van der Waals surface area contributed by atoms with Crippen LogP contribution in [0.1, 0.15) is 60.9 Å². The molecule has 3 nitrogen and oxygen atoms in total. The van der Waals surface area contributed by atoms with E-state index < -0.39 is 0 Å². The van der Waals surface area contributed by atoms with Crippen LogP contribution in [0.4, 0.5) is 0 Å². The molecule has 80 valence electrons. The van der Waals surface area contributed by atoms with Gasteiger partial charge in [-0.1, -0.05) is 13.8 Å². The van der Waals surface area contributed by atoms with Gasteiger partial charge in [-0.15, -0.1) is 0 Å². The third-order valence-electron chi connectivity index (χ3n) is 3.06. The van der Waals surface area contributed by atoms with E-state index in [1.807, 2.05) is 0 Å². The van der Waals surface area contributed by atoms with E-state index in [9.17, 15) is 4.79 Å². The summed E-state index contributed by atoms with van der Waals surface area (Å²) in [6, 6.07) is 0. The lowest BCUT2D eigenvalue weighted by atomic mass is 9.95. The molecule has 3 heteroatoms. The summed E-state index contributed by atoms with van der Waals surface area (Å²) < 4.78 is 0. The second-order valence-electron chi connectivity index (χ2n) is 4.17. The van der Waals surface area contributed by atoms with Crippen molar-refractivity contribution in [3.8, 4) is 0 Å². The van der Waals surface area contributed by atoms with Crippen molar-refractivity contribution in [3.63, 3.8) is 0 Å². The van der Waals surface area contributed by atoms with E-state index >= 15 is 0 Å². The van der Waals surface area contributed by atoms with E-state index in [4.69, 9.17) is 0 Å². The van der Waals surface area contributed by atoms with Gasteiger partial charge in [-0.2, -0.15) is 0 Å². The summed E-state index contributed by atoms with van der Waals surface area (Å²) in [5, 5.41) is 0. The van der Waals surface area contributed by atoms with Gasteiger partial charge in [0.15, 0.2) is 5.78 Å². The topological polar surface area (TPSA) is 42.9 Å². The van der Waals surface area contributed by atoms with Crippen LogP contribution in [-0.2, 0) is 6.42 Å². The lowest BCUT2D eigenvalue weighted by molar-refractivity contribution is 0.0971. The van der Waals surface area contributed by atoms with Gasteiger partial charge in [0.25, 0.3) is 0 Å². The fraction of sp³-hybridized carbons (Fsp3) is 0.583. The first-order valence-electron chi connectivity index (χ1n) is 5.61. The second kappa shape index (κ2) is 4.09. The maximum Gasteiger partial charge on any atom is 0.166 e. The van der Waals surface area contributed by atoms with Gasteiger partial charge in [0.05, 0.1) is 11.3 Å². The summed E-state index contributed by atoms with van der Waals surface area (Å²) in [7, 11) is 0. The smallest absolute Gasteiger partial charge is 0.166 e. The van der Waals surface area contributed by atoms with E-state index in [0.717, 1.165) is 36.3 Å². The van der Waals surface area contributed by atoms with Crippen molar-refractivity contribution in [2.75, 3.05) is 0 Å². The molecule has 1 heterocycles. The Kier molecular flexibility index (Phi) is 2.80. The zero-order valence-corrected chi connectivity index (χ0v) is 9.29. The van der Waals surface area contributed by atoms with E-state index in [2.05, 4.69) is 23.8 Å². The molecule has 1 aromatic heterocycles. The molecule has 0 N–H and O–H groups in total. The Morgan fingerprint density at radius 1 is 1.47 bits per heavy atom. The van der Waals surface area contributed by atoms with Gasteiger partial charge in [0.2, 0.25) is 0 Å². The van der Waals surface area contributed by atoms with Crippen LogP contribution in [0.2, 0.25) is 0 Å². The summed E-state index contributed by atoms with van der Waals surface area (Å²) in [5.41, 5.74) is 1.70. The van der Waals surface area contributed by atoms with Gasteiger partial charge in [-0.05, 0) is 19.3 Å². The highest BCUT2D eigenvalue weighted by Gasteiger charge is 2.20. The molecule has 1 aliphatic carbocycles. The zero-order valence-electron chi connectivity index (χ0n) is 9.29. The maximum atomic E-state index is 11.6. The molecule has 2 rings (SSSR count). The molecule has 15 heavy (non-hydrogen) atoms. The number of aryl methyl sites for hydroxylation is 1. The van der Waals surface area contributed by atoms with Gasteiger partial charge in [-0.3, -0.25) is 4.79 Å². The molecule has 0 saturated heterocycles. The van der Waals surface area contributed by atoms with Crippen molar-refractivity contribution in [1.82, 2.24) is 9.97 Å². The lowest BCUT2D eigenvalue weighted by Gasteiger charge is -2.15. The predicted octanol–water partition coefficient (Wildman–Crippen LogP) is 2.51. The molecule has 0 amide bonds. The first-order chi connectivity index (χ1) is 7.22. The molecule has 0 aliphatic heterocycles. The van der Waals surface area contributed by atoms with Crippen LogP contribution in [-0.4, -0.2) is 15.8 Å². The first kappa shape index (κ1) is 10.3. The first-order valence-corrected chi connectivity index (χ1v) is 5.61. The van der Waals surface area contributed by atoms with Crippen LogP contribution in [0.25, 0.3) is 0 Å². The third-order valence-corrected chi connectivity index (χ3v) is 3.06. The number of rotatable bonds is 2. The van der Waals surface area contributed by atoms with E-state index in [1.54, 1.807) is 6.20 Å². The molecular formula is C12H16N2O. The van der Waals surface area contributed by atoms with Crippen molar-refractivity contribution in [2.24, 2.45) is 0 Å². The SMILES string of the molecule is CCC(C)c1ncc2c(n1)CCCC2=O. The Balaban J connectivity index is 2.37. The largest absolute Gasteiger partial charge is 0.294 e. The van der Waals surface area contributed by atoms with Crippen LogP contribution < -0.4 is 0 Å². The van der Waals surface area contributed by atoms with Gasteiger partial charge in [0.1, 0.15) is 5.82 Å². The summed E-state index contributed by atoms with van der Waals surface area (Å²) in [4.78, 5) is 20.3. The fourth-order valence-corrected chi connectivity index (χ4v) is 1.83. The van der Waals surface area contributed by atoms with Crippen molar-refractivity contribution >= 4 is 5.78 Å². The number of ketones is 1. The Bertz CT molecular complexity index is 387. The van der Waals surface area contributed by atoms with Crippen LogP contribution >= 0.6 is 0 Å². The number of carbonyl (C=O) groups excluding carboxylic acids is 1. The molecule has 0 fully saturated rings. The summed E-state index contributed by atoms with van der Waals surface area (Å²) >= 11 is 0. The minimum atomic E-state index is 0.201. The highest BCUT2D eigenvalue weighted by molar-refractivity contribution is 5.97. The number of aromatic nitrogens is 2. The highest BCUT2D eigenvalue weighted by Crippen LogP contribution is 2.21. The minimum absolute atomic E-state index is 0.201. The molecule has 1 unspecified atom stereocenters. The molecule has 0 spiro atoms. The van der Waals surface area contributed by atoms with Crippen LogP contribution in [0.3, 0.4) is 0 Å². The maximum absolute atomic E-state index is 11.6. The van der Waals surface area contributed by atoms with Crippen LogP contribution in [0.15, 0.2) is 6.20 Å². The number of hydrogen-bond acceptors (Lipinski definition) is 3. The van der Waals surface area contributed by atoms with Gasteiger partial charge in [0, 0.05) is 18.5 Å². The number of Topliss-reactive ketones (excluding diaryl/α,β-unsaturated/α-hetero) is 1. The number of nitrogens with zero attached hydrogens (tertiary/aromatic N) is 2. The van der Waals surface area contributed by atoms with Crippen LogP contribution in [0.5, 0.6) is 0 Å². The number of hydrogen-bond donors (Lipinski definition) is 0. The Labute approximate surface area is 89.9 Å². The summed E-state index contributed by atoms with van der Waals surface area (Å²) in [6.45, 7) is 4.24. The van der Waals surface area contributed by atoms with Gasteiger partial charge in [-0.25, -0.2) is 9.97 Å².